The second kappa shape index (κ2) is 35.8. The van der Waals surface area contributed by atoms with E-state index in [1.807, 2.05) is 27.2 Å². The molecule has 0 aliphatic heterocycles. The molecule has 0 aliphatic carbocycles. The van der Waals surface area contributed by atoms with Gasteiger partial charge in [-0.2, -0.15) is 0 Å². The molecule has 0 bridgehead atoms. The molecule has 0 aromatic heterocycles. The molecular formula is C42H83NO7P+. The van der Waals surface area contributed by atoms with Crippen molar-refractivity contribution in [2.24, 2.45) is 0 Å². The third kappa shape index (κ3) is 39.9. The van der Waals surface area contributed by atoms with E-state index in [0.29, 0.717) is 17.4 Å². The van der Waals surface area contributed by atoms with Crippen molar-refractivity contribution in [1.82, 2.24) is 0 Å². The van der Waals surface area contributed by atoms with Gasteiger partial charge in [-0.05, 0) is 51.0 Å². The van der Waals surface area contributed by atoms with Crippen molar-refractivity contribution in [2.75, 3.05) is 47.5 Å². The van der Waals surface area contributed by atoms with Gasteiger partial charge in [-0.1, -0.05) is 148 Å². The van der Waals surface area contributed by atoms with E-state index in [9.17, 15) is 14.3 Å². The summed E-state index contributed by atoms with van der Waals surface area (Å²) in [6.45, 7) is 4.90. The SMILES string of the molecule is CCCCCCCC/C=C\CCCCCCCC(=O)OCC(COP(=O)(O)OCC[N+](C)(C)C)O/C=C\CCCCCCCCCCCCCC. The Balaban J connectivity index is 4.30. The van der Waals surface area contributed by atoms with E-state index in [0.717, 1.165) is 38.5 Å². The second-order valence-electron chi connectivity index (χ2n) is 15.4. The summed E-state index contributed by atoms with van der Waals surface area (Å²) >= 11 is 0. The van der Waals surface area contributed by atoms with Crippen LogP contribution in [0.5, 0.6) is 0 Å². The monoisotopic (exact) mass is 745 g/mol. The zero-order valence-electron chi connectivity index (χ0n) is 34.1. The van der Waals surface area contributed by atoms with Crippen molar-refractivity contribution in [2.45, 2.75) is 193 Å². The first kappa shape index (κ1) is 49.8. The number of rotatable bonds is 39. The first-order valence-corrected chi connectivity index (χ1v) is 22.6. The molecule has 51 heavy (non-hydrogen) atoms. The van der Waals surface area contributed by atoms with Gasteiger partial charge >= 0.3 is 13.8 Å². The fraction of sp³-hybridized carbons (Fsp3) is 0.881. The number of allylic oxidation sites excluding steroid dienone is 3. The number of likely N-dealkylation sites (N-methyl/N-ethyl adjacent to an activating group) is 1. The van der Waals surface area contributed by atoms with Crippen LogP contribution in [0.2, 0.25) is 0 Å². The number of phosphoric acid groups is 1. The van der Waals surface area contributed by atoms with Crippen LogP contribution in [0, 0.1) is 0 Å². The molecule has 0 spiro atoms. The van der Waals surface area contributed by atoms with Gasteiger partial charge in [-0.25, -0.2) is 4.57 Å². The number of quaternary nitrogens is 1. The summed E-state index contributed by atoms with van der Waals surface area (Å²) in [6.07, 6.45) is 40.2. The predicted molar refractivity (Wildman–Crippen MR) is 215 cm³/mol. The van der Waals surface area contributed by atoms with Crippen LogP contribution in [0.15, 0.2) is 24.5 Å². The Kier molecular flexibility index (Phi) is 35.0. The highest BCUT2D eigenvalue weighted by molar-refractivity contribution is 7.47. The summed E-state index contributed by atoms with van der Waals surface area (Å²) in [7, 11) is 1.67. The molecule has 9 heteroatoms. The first-order chi connectivity index (χ1) is 24.6. The number of esters is 1. The van der Waals surface area contributed by atoms with Crippen molar-refractivity contribution >= 4 is 13.8 Å². The van der Waals surface area contributed by atoms with Crippen LogP contribution in [-0.2, 0) is 27.9 Å². The topological polar surface area (TPSA) is 91.3 Å². The van der Waals surface area contributed by atoms with E-state index in [-0.39, 0.29) is 25.8 Å². The van der Waals surface area contributed by atoms with E-state index in [4.69, 9.17) is 18.5 Å². The van der Waals surface area contributed by atoms with E-state index in [1.54, 1.807) is 6.26 Å². The Hall–Kier alpha value is -1.18. The third-order valence-electron chi connectivity index (χ3n) is 9.10. The molecule has 0 radical (unpaired) electrons. The van der Waals surface area contributed by atoms with E-state index >= 15 is 0 Å². The molecule has 0 aliphatic rings. The second-order valence-corrected chi connectivity index (χ2v) is 16.9. The smallest absolute Gasteiger partial charge is 0.472 e. The van der Waals surface area contributed by atoms with Gasteiger partial charge in [0.05, 0.1) is 34.0 Å². The molecule has 8 nitrogen and oxygen atoms in total. The van der Waals surface area contributed by atoms with Gasteiger partial charge in [0.15, 0.2) is 6.10 Å². The minimum atomic E-state index is -4.26. The lowest BCUT2D eigenvalue weighted by atomic mass is 10.0. The lowest BCUT2D eigenvalue weighted by molar-refractivity contribution is -0.870. The average Bonchev–Trinajstić information content (AvgIpc) is 3.08. The van der Waals surface area contributed by atoms with Crippen LogP contribution in [0.4, 0.5) is 0 Å². The Labute approximate surface area is 315 Å². The molecule has 0 rings (SSSR count). The molecule has 0 saturated heterocycles. The molecular weight excluding hydrogens is 661 g/mol. The normalized spacial score (nSPS) is 14.0. The van der Waals surface area contributed by atoms with Crippen molar-refractivity contribution in [1.29, 1.82) is 0 Å². The minimum Gasteiger partial charge on any atom is -0.492 e. The summed E-state index contributed by atoms with van der Waals surface area (Å²) in [5.41, 5.74) is 0. The Morgan fingerprint density at radius 1 is 0.608 bits per heavy atom. The Bertz CT molecular complexity index is 874. The van der Waals surface area contributed by atoms with Crippen LogP contribution < -0.4 is 0 Å². The maximum absolute atomic E-state index is 12.5. The maximum Gasteiger partial charge on any atom is 0.472 e. The van der Waals surface area contributed by atoms with Gasteiger partial charge in [-0.3, -0.25) is 13.8 Å². The number of hydrogen-bond acceptors (Lipinski definition) is 6. The van der Waals surface area contributed by atoms with Crippen molar-refractivity contribution in [3.8, 4) is 0 Å². The van der Waals surface area contributed by atoms with Gasteiger partial charge in [0, 0.05) is 6.42 Å². The maximum atomic E-state index is 12.5. The van der Waals surface area contributed by atoms with Gasteiger partial charge < -0.3 is 18.9 Å². The average molecular weight is 745 g/mol. The van der Waals surface area contributed by atoms with E-state index < -0.39 is 13.9 Å². The number of carbonyl (C=O) groups is 1. The summed E-state index contributed by atoms with van der Waals surface area (Å²) in [5.74, 6) is -0.284. The van der Waals surface area contributed by atoms with Crippen LogP contribution >= 0.6 is 7.82 Å². The highest BCUT2D eigenvalue weighted by Gasteiger charge is 2.25. The minimum absolute atomic E-state index is 0.0499. The molecule has 0 aromatic carbocycles. The molecule has 0 heterocycles. The van der Waals surface area contributed by atoms with Crippen molar-refractivity contribution < 1.29 is 37.3 Å². The van der Waals surface area contributed by atoms with Gasteiger partial charge in [0.25, 0.3) is 0 Å². The number of phosphoric ester groups is 1. The molecule has 0 amide bonds. The summed E-state index contributed by atoms with van der Waals surface area (Å²) < 4.78 is 34.7. The first-order valence-electron chi connectivity index (χ1n) is 21.1. The van der Waals surface area contributed by atoms with E-state index in [2.05, 4.69) is 26.0 Å². The molecule has 2 atom stereocenters. The quantitative estimate of drug-likeness (QED) is 0.0167. The third-order valence-corrected chi connectivity index (χ3v) is 10.1. The standard InChI is InChI=1S/C42H82NO7P/c1-6-8-10-12-14-16-18-20-22-23-25-27-29-31-33-35-42(44)48-39-41(40-50-51(45,46)49-38-36-43(3,4)5)47-37-34-32-30-28-26-24-21-19-17-15-13-11-9-7-2/h20,22,34,37,41H,6-19,21,23-33,35-36,38-40H2,1-5H3/p+1/b22-20-,37-34-. The lowest BCUT2D eigenvalue weighted by Gasteiger charge is -2.24. The zero-order chi connectivity index (χ0) is 37.7. The number of unbranched alkanes of at least 4 members (excludes halogenated alkanes) is 23. The predicted octanol–water partition coefficient (Wildman–Crippen LogP) is 12.4. The highest BCUT2D eigenvalue weighted by Crippen LogP contribution is 2.43. The zero-order valence-corrected chi connectivity index (χ0v) is 35.0. The fourth-order valence-electron chi connectivity index (χ4n) is 5.71. The van der Waals surface area contributed by atoms with Crippen molar-refractivity contribution in [3.63, 3.8) is 0 Å². The number of nitrogens with zero attached hydrogens (tertiary/aromatic N) is 1. The molecule has 2 unspecified atom stereocenters. The van der Waals surface area contributed by atoms with Crippen LogP contribution in [0.3, 0.4) is 0 Å². The summed E-state index contributed by atoms with van der Waals surface area (Å²) in [4.78, 5) is 22.6. The molecule has 0 fully saturated rings. The molecule has 1 N–H and O–H groups in total. The van der Waals surface area contributed by atoms with Crippen LogP contribution in [0.25, 0.3) is 0 Å². The Morgan fingerprint density at radius 2 is 1.04 bits per heavy atom. The fourth-order valence-corrected chi connectivity index (χ4v) is 6.45. The lowest BCUT2D eigenvalue weighted by Crippen LogP contribution is -2.37. The molecule has 302 valence electrons. The summed E-state index contributed by atoms with van der Waals surface area (Å²) in [5, 5.41) is 0. The van der Waals surface area contributed by atoms with Crippen LogP contribution in [0.1, 0.15) is 187 Å². The largest absolute Gasteiger partial charge is 0.492 e. The van der Waals surface area contributed by atoms with Gasteiger partial charge in [0.1, 0.15) is 19.8 Å². The number of carbonyl (C=O) groups excluding carboxylic acids is 1. The van der Waals surface area contributed by atoms with Crippen molar-refractivity contribution in [3.05, 3.63) is 24.5 Å². The number of hydrogen-bond donors (Lipinski definition) is 1. The Morgan fingerprint density at radius 3 is 1.51 bits per heavy atom. The molecule has 0 aromatic rings. The summed E-state index contributed by atoms with van der Waals surface area (Å²) in [6, 6.07) is 0. The molecule has 0 saturated carbocycles. The number of ether oxygens (including phenoxy) is 2. The van der Waals surface area contributed by atoms with Gasteiger partial charge in [0.2, 0.25) is 0 Å². The van der Waals surface area contributed by atoms with Gasteiger partial charge in [-0.15, -0.1) is 0 Å². The van der Waals surface area contributed by atoms with Crippen LogP contribution in [-0.4, -0.2) is 69.0 Å². The highest BCUT2D eigenvalue weighted by atomic mass is 31.2. The van der Waals surface area contributed by atoms with E-state index in [1.165, 1.54) is 128 Å².